The molecule has 2 rings (SSSR count). The zero-order valence-electron chi connectivity index (χ0n) is 9.22. The van der Waals surface area contributed by atoms with Gasteiger partial charge in [0, 0.05) is 10.0 Å². The normalized spacial score (nSPS) is 16.9. The lowest BCUT2D eigenvalue weighted by molar-refractivity contribution is 0.0607. The molecule has 1 saturated carbocycles. The Morgan fingerprint density at radius 1 is 1.12 bits per heavy atom. The quantitative estimate of drug-likeness (QED) is 0.773. The highest BCUT2D eigenvalue weighted by Crippen LogP contribution is 2.26. The van der Waals surface area contributed by atoms with E-state index in [0.717, 1.165) is 22.0 Å². The van der Waals surface area contributed by atoms with Gasteiger partial charge in [0.2, 0.25) is 0 Å². The average molecular weight is 259 g/mol. The molecule has 3 heteroatoms. The largest absolute Gasteiger partial charge is 0.378 e. The summed E-state index contributed by atoms with van der Waals surface area (Å²) in [4.78, 5) is 0. The van der Waals surface area contributed by atoms with Gasteiger partial charge >= 0.3 is 0 Å². The van der Waals surface area contributed by atoms with Crippen molar-refractivity contribution >= 4 is 23.2 Å². The highest BCUT2D eigenvalue weighted by Gasteiger charge is 2.15. The molecule has 0 N–H and O–H groups in total. The SMILES string of the molecule is Clc1cccc(Cl)c1CCOC1CCCC1. The molecule has 0 amide bonds. The van der Waals surface area contributed by atoms with E-state index in [9.17, 15) is 0 Å². The van der Waals surface area contributed by atoms with E-state index in [-0.39, 0.29) is 0 Å². The molecule has 0 spiro atoms. The molecule has 0 heterocycles. The Morgan fingerprint density at radius 3 is 2.38 bits per heavy atom. The second-order valence-electron chi connectivity index (χ2n) is 4.23. The van der Waals surface area contributed by atoms with Crippen LogP contribution in [-0.4, -0.2) is 12.7 Å². The Bertz CT molecular complexity index is 326. The maximum Gasteiger partial charge on any atom is 0.0575 e. The first-order valence-corrected chi connectivity index (χ1v) is 6.57. The number of rotatable bonds is 4. The highest BCUT2D eigenvalue weighted by molar-refractivity contribution is 6.35. The van der Waals surface area contributed by atoms with Gasteiger partial charge in [0.1, 0.15) is 0 Å². The van der Waals surface area contributed by atoms with Gasteiger partial charge in [-0.2, -0.15) is 0 Å². The van der Waals surface area contributed by atoms with Gasteiger partial charge < -0.3 is 4.74 Å². The third-order valence-electron chi connectivity index (χ3n) is 3.07. The van der Waals surface area contributed by atoms with Gasteiger partial charge in [-0.15, -0.1) is 0 Å². The Kier molecular flexibility index (Phi) is 4.51. The smallest absolute Gasteiger partial charge is 0.0575 e. The third kappa shape index (κ3) is 3.13. The molecule has 1 aromatic carbocycles. The van der Waals surface area contributed by atoms with E-state index in [1.165, 1.54) is 25.7 Å². The topological polar surface area (TPSA) is 9.23 Å². The fourth-order valence-electron chi connectivity index (χ4n) is 2.15. The number of hydrogen-bond acceptors (Lipinski definition) is 1. The van der Waals surface area contributed by atoms with Crippen LogP contribution in [0.1, 0.15) is 31.2 Å². The van der Waals surface area contributed by atoms with E-state index in [1.54, 1.807) is 0 Å². The van der Waals surface area contributed by atoms with E-state index in [1.807, 2.05) is 18.2 Å². The first kappa shape index (κ1) is 12.2. The van der Waals surface area contributed by atoms with Crippen LogP contribution in [0, 0.1) is 0 Å². The molecule has 1 aromatic rings. The molecule has 1 aliphatic rings. The van der Waals surface area contributed by atoms with E-state index in [4.69, 9.17) is 27.9 Å². The monoisotopic (exact) mass is 258 g/mol. The summed E-state index contributed by atoms with van der Waals surface area (Å²) in [5.41, 5.74) is 1.00. The molecule has 0 unspecified atom stereocenters. The van der Waals surface area contributed by atoms with E-state index in [2.05, 4.69) is 0 Å². The minimum absolute atomic E-state index is 0.460. The second-order valence-corrected chi connectivity index (χ2v) is 5.04. The van der Waals surface area contributed by atoms with Crippen molar-refractivity contribution in [2.45, 2.75) is 38.2 Å². The van der Waals surface area contributed by atoms with E-state index >= 15 is 0 Å². The van der Waals surface area contributed by atoms with E-state index in [0.29, 0.717) is 12.7 Å². The third-order valence-corrected chi connectivity index (χ3v) is 3.78. The number of hydrogen-bond donors (Lipinski definition) is 0. The predicted octanol–water partition coefficient (Wildman–Crippen LogP) is 4.50. The summed E-state index contributed by atoms with van der Waals surface area (Å²) in [6.07, 6.45) is 6.28. The Labute approximate surface area is 107 Å². The lowest BCUT2D eigenvalue weighted by atomic mass is 10.1. The summed E-state index contributed by atoms with van der Waals surface area (Å²) >= 11 is 12.2. The Balaban J connectivity index is 1.84. The zero-order chi connectivity index (χ0) is 11.4. The second kappa shape index (κ2) is 5.90. The van der Waals surface area contributed by atoms with Gasteiger partial charge in [-0.25, -0.2) is 0 Å². The molecule has 1 nitrogen and oxygen atoms in total. The summed E-state index contributed by atoms with van der Waals surface area (Å²) in [5.74, 6) is 0. The predicted molar refractivity (Wildman–Crippen MR) is 68.4 cm³/mol. The van der Waals surface area contributed by atoms with Gasteiger partial charge in [-0.05, 0) is 37.0 Å². The molecular formula is C13H16Cl2O. The van der Waals surface area contributed by atoms with Crippen molar-refractivity contribution in [2.24, 2.45) is 0 Å². The fraction of sp³-hybridized carbons (Fsp3) is 0.538. The Morgan fingerprint density at radius 2 is 1.75 bits per heavy atom. The highest BCUT2D eigenvalue weighted by atomic mass is 35.5. The van der Waals surface area contributed by atoms with Crippen molar-refractivity contribution in [2.75, 3.05) is 6.61 Å². The summed E-state index contributed by atoms with van der Waals surface area (Å²) in [5, 5.41) is 1.48. The van der Waals surface area contributed by atoms with Crippen LogP contribution < -0.4 is 0 Å². The van der Waals surface area contributed by atoms with Crippen molar-refractivity contribution < 1.29 is 4.74 Å². The van der Waals surface area contributed by atoms with Crippen molar-refractivity contribution in [3.63, 3.8) is 0 Å². The van der Waals surface area contributed by atoms with Crippen LogP contribution in [0.4, 0.5) is 0 Å². The lowest BCUT2D eigenvalue weighted by Gasteiger charge is -2.12. The summed E-state index contributed by atoms with van der Waals surface area (Å²) in [6.45, 7) is 0.716. The van der Waals surface area contributed by atoms with Crippen LogP contribution in [0.2, 0.25) is 10.0 Å². The molecule has 88 valence electrons. The molecule has 0 aliphatic heterocycles. The minimum Gasteiger partial charge on any atom is -0.378 e. The van der Waals surface area contributed by atoms with Gasteiger partial charge in [0.25, 0.3) is 0 Å². The molecule has 0 atom stereocenters. The molecule has 1 fully saturated rings. The van der Waals surface area contributed by atoms with Crippen LogP contribution >= 0.6 is 23.2 Å². The number of halogens is 2. The van der Waals surface area contributed by atoms with E-state index < -0.39 is 0 Å². The first-order chi connectivity index (χ1) is 7.77. The maximum atomic E-state index is 6.08. The number of benzene rings is 1. The van der Waals surface area contributed by atoms with Crippen LogP contribution in [0.3, 0.4) is 0 Å². The molecule has 0 bridgehead atoms. The first-order valence-electron chi connectivity index (χ1n) is 5.82. The van der Waals surface area contributed by atoms with Gasteiger partial charge in [-0.1, -0.05) is 42.1 Å². The van der Waals surface area contributed by atoms with Crippen molar-refractivity contribution in [3.8, 4) is 0 Å². The number of ether oxygens (including phenoxy) is 1. The van der Waals surface area contributed by atoms with Crippen molar-refractivity contribution in [1.29, 1.82) is 0 Å². The molecule has 16 heavy (non-hydrogen) atoms. The molecule has 0 radical (unpaired) electrons. The van der Waals surface area contributed by atoms with Crippen molar-refractivity contribution in [3.05, 3.63) is 33.8 Å². The molecule has 0 saturated heterocycles. The van der Waals surface area contributed by atoms with Gasteiger partial charge in [0.15, 0.2) is 0 Å². The minimum atomic E-state index is 0.460. The van der Waals surface area contributed by atoms with Gasteiger partial charge in [0.05, 0.1) is 12.7 Å². The summed E-state index contributed by atoms with van der Waals surface area (Å²) < 4.78 is 5.80. The molecular weight excluding hydrogens is 243 g/mol. The van der Waals surface area contributed by atoms with Crippen molar-refractivity contribution in [1.82, 2.24) is 0 Å². The van der Waals surface area contributed by atoms with Crippen LogP contribution in [0.25, 0.3) is 0 Å². The fourth-order valence-corrected chi connectivity index (χ4v) is 2.74. The Hall–Kier alpha value is -0.240. The lowest BCUT2D eigenvalue weighted by Crippen LogP contribution is -2.10. The van der Waals surface area contributed by atoms with Crippen LogP contribution in [0.15, 0.2) is 18.2 Å². The molecule has 0 aromatic heterocycles. The average Bonchev–Trinajstić information content (AvgIpc) is 2.75. The van der Waals surface area contributed by atoms with Crippen LogP contribution in [-0.2, 0) is 11.2 Å². The maximum absolute atomic E-state index is 6.08. The summed E-state index contributed by atoms with van der Waals surface area (Å²) in [6, 6.07) is 5.61. The molecule has 1 aliphatic carbocycles. The van der Waals surface area contributed by atoms with Crippen LogP contribution in [0.5, 0.6) is 0 Å². The standard InChI is InChI=1S/C13H16Cl2O/c14-12-6-3-7-13(15)11(12)8-9-16-10-4-1-2-5-10/h3,6-7,10H,1-2,4-5,8-9H2. The summed E-state index contributed by atoms with van der Waals surface area (Å²) in [7, 11) is 0. The zero-order valence-corrected chi connectivity index (χ0v) is 10.7. The van der Waals surface area contributed by atoms with Gasteiger partial charge in [-0.3, -0.25) is 0 Å².